The first kappa shape index (κ1) is 19.9. The number of para-hydroxylation sites is 1. The van der Waals surface area contributed by atoms with Crippen LogP contribution in [-0.4, -0.2) is 33.6 Å². The van der Waals surface area contributed by atoms with E-state index in [4.69, 9.17) is 0 Å². The number of rotatable bonds is 6. The van der Waals surface area contributed by atoms with E-state index in [1.165, 1.54) is 11.8 Å². The van der Waals surface area contributed by atoms with Crippen LogP contribution in [0, 0.1) is 0 Å². The molecule has 1 unspecified atom stereocenters. The zero-order valence-corrected chi connectivity index (χ0v) is 17.1. The molecule has 0 radical (unpaired) electrons. The summed E-state index contributed by atoms with van der Waals surface area (Å²) in [6, 6.07) is 17.9. The van der Waals surface area contributed by atoms with Crippen molar-refractivity contribution in [1.82, 2.24) is 20.7 Å². The fourth-order valence-corrected chi connectivity index (χ4v) is 4.37. The number of aromatic nitrogens is 1. The summed E-state index contributed by atoms with van der Waals surface area (Å²) in [5, 5.41) is 4.47. The lowest BCUT2D eigenvalue weighted by molar-refractivity contribution is -0.138. The van der Waals surface area contributed by atoms with Crippen LogP contribution in [0.25, 0.3) is 10.9 Å². The second-order valence-corrected chi connectivity index (χ2v) is 7.86. The van der Waals surface area contributed by atoms with Gasteiger partial charge in [-0.05, 0) is 24.1 Å². The minimum absolute atomic E-state index is 0.0511. The van der Waals surface area contributed by atoms with Gasteiger partial charge in [-0.3, -0.25) is 20.0 Å². The number of thioether (sulfide) groups is 1. The molecule has 1 aliphatic heterocycles. The van der Waals surface area contributed by atoms with Gasteiger partial charge in [-0.2, -0.15) is 5.01 Å². The zero-order valence-electron chi connectivity index (χ0n) is 16.3. The van der Waals surface area contributed by atoms with Crippen LogP contribution in [0.4, 0.5) is 4.79 Å². The molecule has 2 N–H and O–H groups in total. The molecule has 152 valence electrons. The molecular weight excluding hydrogens is 400 g/mol. The number of benzene rings is 2. The van der Waals surface area contributed by atoms with Crippen molar-refractivity contribution in [3.8, 4) is 0 Å². The van der Waals surface area contributed by atoms with Gasteiger partial charge in [0.25, 0.3) is 5.91 Å². The highest BCUT2D eigenvalue weighted by Gasteiger charge is 2.52. The van der Waals surface area contributed by atoms with Gasteiger partial charge in [-0.15, -0.1) is 11.8 Å². The van der Waals surface area contributed by atoms with Crippen molar-refractivity contribution in [3.63, 3.8) is 0 Å². The van der Waals surface area contributed by atoms with E-state index >= 15 is 0 Å². The largest absolute Gasteiger partial charge is 0.344 e. The average Bonchev–Trinajstić information content (AvgIpc) is 3.03. The van der Waals surface area contributed by atoms with E-state index in [2.05, 4.69) is 15.7 Å². The lowest BCUT2D eigenvalue weighted by Crippen LogP contribution is -2.49. The Morgan fingerprint density at radius 2 is 1.83 bits per heavy atom. The third kappa shape index (κ3) is 3.50. The number of urea groups is 1. The second kappa shape index (κ2) is 8.16. The summed E-state index contributed by atoms with van der Waals surface area (Å²) in [4.78, 5) is 43.3. The molecule has 0 bridgehead atoms. The first-order valence-corrected chi connectivity index (χ1v) is 10.5. The molecule has 1 aliphatic rings. The predicted molar refractivity (Wildman–Crippen MR) is 114 cm³/mol. The van der Waals surface area contributed by atoms with Crippen LogP contribution in [-0.2, 0) is 15.1 Å². The standard InChI is InChI=1S/C22H20N4O3S/c1-2-22(15-8-4-3-5-9-15)20(28)26(21(29)24-22)25-19(27)14-30-18-12-13-23-17-11-7-6-10-16(17)18/h3-13H,2,14H2,1H3,(H,24,29)(H,25,27). The molecule has 1 aromatic heterocycles. The van der Waals surface area contributed by atoms with Crippen molar-refractivity contribution in [2.24, 2.45) is 0 Å². The number of fused-ring (bicyclic) bond motifs is 1. The number of nitrogens with zero attached hydrogens (tertiary/aromatic N) is 2. The third-order valence-corrected chi connectivity index (χ3v) is 6.17. The molecule has 4 rings (SSSR count). The lowest BCUT2D eigenvalue weighted by Gasteiger charge is -2.25. The molecule has 2 heterocycles. The van der Waals surface area contributed by atoms with Gasteiger partial charge >= 0.3 is 6.03 Å². The van der Waals surface area contributed by atoms with Crippen molar-refractivity contribution in [2.75, 3.05) is 5.75 Å². The zero-order chi connectivity index (χ0) is 21.1. The Hall–Kier alpha value is -3.39. The molecule has 8 heteroatoms. The van der Waals surface area contributed by atoms with E-state index in [0.29, 0.717) is 12.0 Å². The van der Waals surface area contributed by atoms with Crippen molar-refractivity contribution in [2.45, 2.75) is 23.8 Å². The Morgan fingerprint density at radius 3 is 2.60 bits per heavy atom. The van der Waals surface area contributed by atoms with Gasteiger partial charge in [0.05, 0.1) is 11.3 Å². The fraction of sp³-hybridized carbons (Fsp3) is 0.182. The van der Waals surface area contributed by atoms with Gasteiger partial charge in [0.2, 0.25) is 5.91 Å². The smallest absolute Gasteiger partial charge is 0.318 e. The number of carbonyl (C=O) groups is 3. The highest BCUT2D eigenvalue weighted by Crippen LogP contribution is 2.32. The molecule has 0 spiro atoms. The number of nitrogens with one attached hydrogen (secondary N) is 2. The first-order valence-electron chi connectivity index (χ1n) is 9.53. The molecule has 2 aromatic carbocycles. The van der Waals surface area contributed by atoms with Crippen LogP contribution in [0.5, 0.6) is 0 Å². The number of hydrogen-bond donors (Lipinski definition) is 2. The molecule has 4 amide bonds. The van der Waals surface area contributed by atoms with Gasteiger partial charge in [0, 0.05) is 16.5 Å². The van der Waals surface area contributed by atoms with E-state index in [0.717, 1.165) is 20.8 Å². The Kier molecular flexibility index (Phi) is 5.41. The number of amides is 4. The summed E-state index contributed by atoms with van der Waals surface area (Å²) < 4.78 is 0. The van der Waals surface area contributed by atoms with E-state index in [1.807, 2.05) is 55.5 Å². The van der Waals surface area contributed by atoms with Crippen LogP contribution in [0.15, 0.2) is 71.8 Å². The summed E-state index contributed by atoms with van der Waals surface area (Å²) in [5.41, 5.74) is 2.79. The SMILES string of the molecule is CCC1(c2ccccc2)NC(=O)N(NC(=O)CSc2ccnc3ccccc23)C1=O. The maximum absolute atomic E-state index is 13.1. The quantitative estimate of drug-likeness (QED) is 0.472. The summed E-state index contributed by atoms with van der Waals surface area (Å²) in [6.45, 7) is 1.82. The molecular formula is C22H20N4O3S. The molecule has 0 aliphatic carbocycles. The molecule has 1 fully saturated rings. The van der Waals surface area contributed by atoms with Crippen LogP contribution < -0.4 is 10.7 Å². The Morgan fingerprint density at radius 1 is 1.10 bits per heavy atom. The van der Waals surface area contributed by atoms with Crippen LogP contribution in [0.2, 0.25) is 0 Å². The monoisotopic (exact) mass is 420 g/mol. The van der Waals surface area contributed by atoms with Crippen molar-refractivity contribution in [1.29, 1.82) is 0 Å². The minimum Gasteiger partial charge on any atom is -0.318 e. The maximum atomic E-state index is 13.1. The number of imide groups is 1. The van der Waals surface area contributed by atoms with Gasteiger partial charge in [0.15, 0.2) is 0 Å². The minimum atomic E-state index is -1.18. The van der Waals surface area contributed by atoms with Crippen LogP contribution in [0.1, 0.15) is 18.9 Å². The topological polar surface area (TPSA) is 91.4 Å². The average molecular weight is 420 g/mol. The van der Waals surface area contributed by atoms with Crippen LogP contribution in [0.3, 0.4) is 0 Å². The molecule has 7 nitrogen and oxygen atoms in total. The van der Waals surface area contributed by atoms with Gasteiger partial charge in [0.1, 0.15) is 5.54 Å². The Balaban J connectivity index is 1.47. The highest BCUT2D eigenvalue weighted by molar-refractivity contribution is 8.00. The molecule has 30 heavy (non-hydrogen) atoms. The van der Waals surface area contributed by atoms with Crippen LogP contribution >= 0.6 is 11.8 Å². The Bertz CT molecular complexity index is 1120. The van der Waals surface area contributed by atoms with Gasteiger partial charge < -0.3 is 5.32 Å². The van der Waals surface area contributed by atoms with E-state index in [9.17, 15) is 14.4 Å². The summed E-state index contributed by atoms with van der Waals surface area (Å²) in [5.74, 6) is -0.881. The number of hydrazine groups is 1. The molecule has 0 saturated carbocycles. The highest BCUT2D eigenvalue weighted by atomic mass is 32.2. The fourth-order valence-electron chi connectivity index (χ4n) is 3.53. The normalized spacial score (nSPS) is 18.5. The van der Waals surface area contributed by atoms with Gasteiger partial charge in [-0.25, -0.2) is 4.79 Å². The van der Waals surface area contributed by atoms with Crippen molar-refractivity contribution >= 4 is 40.5 Å². The summed E-state index contributed by atoms with van der Waals surface area (Å²) >= 11 is 1.32. The molecule has 1 atom stereocenters. The Labute approximate surface area is 177 Å². The van der Waals surface area contributed by atoms with E-state index < -0.39 is 23.4 Å². The first-order chi connectivity index (χ1) is 14.5. The predicted octanol–water partition coefficient (Wildman–Crippen LogP) is 3.22. The molecule has 1 saturated heterocycles. The number of pyridine rings is 1. The van der Waals surface area contributed by atoms with E-state index in [-0.39, 0.29) is 5.75 Å². The third-order valence-electron chi connectivity index (χ3n) is 5.09. The molecule has 3 aromatic rings. The van der Waals surface area contributed by atoms with Gasteiger partial charge in [-0.1, -0.05) is 55.5 Å². The maximum Gasteiger partial charge on any atom is 0.344 e. The summed E-state index contributed by atoms with van der Waals surface area (Å²) in [7, 11) is 0. The van der Waals surface area contributed by atoms with E-state index in [1.54, 1.807) is 18.3 Å². The summed E-state index contributed by atoms with van der Waals surface area (Å²) in [6.07, 6.45) is 2.06. The number of carbonyl (C=O) groups excluding carboxylic acids is 3. The van der Waals surface area contributed by atoms with Crippen molar-refractivity contribution < 1.29 is 14.4 Å². The lowest BCUT2D eigenvalue weighted by atomic mass is 9.87. The number of hydrogen-bond acceptors (Lipinski definition) is 5. The van der Waals surface area contributed by atoms with Crippen molar-refractivity contribution in [3.05, 3.63) is 72.4 Å². The second-order valence-electron chi connectivity index (χ2n) is 6.85.